The first-order chi connectivity index (χ1) is 9.61. The van der Waals surface area contributed by atoms with Crippen molar-refractivity contribution < 1.29 is 9.59 Å². The van der Waals surface area contributed by atoms with Crippen LogP contribution >= 0.6 is 11.6 Å². The standard InChI is InChI=1S/C16H10ClNO2/c1-10(11-6-4-5-9-14(11)17)18-15(19)12-7-2-3-8-13(12)16(18)20/h2-9H,1H2. The molecular weight excluding hydrogens is 274 g/mol. The number of imide groups is 1. The van der Waals surface area contributed by atoms with Crippen LogP contribution in [0.5, 0.6) is 0 Å². The monoisotopic (exact) mass is 283 g/mol. The number of halogens is 1. The van der Waals surface area contributed by atoms with Crippen LogP contribution in [-0.4, -0.2) is 16.7 Å². The van der Waals surface area contributed by atoms with Gasteiger partial charge in [0.2, 0.25) is 0 Å². The van der Waals surface area contributed by atoms with E-state index < -0.39 is 0 Å². The lowest BCUT2D eigenvalue weighted by Gasteiger charge is -2.17. The highest BCUT2D eigenvalue weighted by Crippen LogP contribution is 2.32. The van der Waals surface area contributed by atoms with Gasteiger partial charge in [-0.1, -0.05) is 48.5 Å². The maximum Gasteiger partial charge on any atom is 0.266 e. The van der Waals surface area contributed by atoms with Gasteiger partial charge in [0.05, 0.1) is 16.8 Å². The fraction of sp³-hybridized carbons (Fsp3) is 0. The minimum absolute atomic E-state index is 0.293. The molecule has 0 bridgehead atoms. The van der Waals surface area contributed by atoms with Gasteiger partial charge in [0, 0.05) is 10.6 Å². The van der Waals surface area contributed by atoms with Crippen molar-refractivity contribution in [3.63, 3.8) is 0 Å². The number of hydrogen-bond donors (Lipinski definition) is 0. The molecule has 3 nitrogen and oxygen atoms in total. The molecule has 0 fully saturated rings. The molecule has 0 aliphatic carbocycles. The summed E-state index contributed by atoms with van der Waals surface area (Å²) in [5, 5.41) is 0.453. The molecule has 0 spiro atoms. The van der Waals surface area contributed by atoms with Gasteiger partial charge in [-0.15, -0.1) is 0 Å². The SMILES string of the molecule is C=C(c1ccccc1Cl)N1C(=O)c2ccccc2C1=O. The molecule has 2 amide bonds. The summed E-state index contributed by atoms with van der Waals surface area (Å²) in [6.45, 7) is 3.85. The Labute approximate surface area is 121 Å². The van der Waals surface area contributed by atoms with Crippen LogP contribution in [0.4, 0.5) is 0 Å². The molecule has 3 rings (SSSR count). The third-order valence-electron chi connectivity index (χ3n) is 3.25. The predicted octanol–water partition coefficient (Wildman–Crippen LogP) is 3.61. The van der Waals surface area contributed by atoms with E-state index in [2.05, 4.69) is 6.58 Å². The molecule has 0 N–H and O–H groups in total. The van der Waals surface area contributed by atoms with Crippen LogP contribution in [0.25, 0.3) is 5.70 Å². The lowest BCUT2D eigenvalue weighted by molar-refractivity contribution is 0.0736. The summed E-state index contributed by atoms with van der Waals surface area (Å²) in [5.74, 6) is -0.731. The lowest BCUT2D eigenvalue weighted by Crippen LogP contribution is -2.27. The van der Waals surface area contributed by atoms with E-state index in [-0.39, 0.29) is 11.8 Å². The number of rotatable bonds is 2. The van der Waals surface area contributed by atoms with E-state index in [0.29, 0.717) is 27.4 Å². The largest absolute Gasteiger partial charge is 0.268 e. The minimum atomic E-state index is -0.365. The molecule has 1 heterocycles. The third-order valence-corrected chi connectivity index (χ3v) is 3.58. The fourth-order valence-electron chi connectivity index (χ4n) is 2.25. The zero-order valence-corrected chi connectivity index (χ0v) is 11.2. The average molecular weight is 284 g/mol. The normalized spacial score (nSPS) is 13.6. The second kappa shape index (κ2) is 4.62. The van der Waals surface area contributed by atoms with E-state index in [4.69, 9.17) is 11.6 Å². The highest BCUT2D eigenvalue weighted by molar-refractivity contribution is 6.33. The van der Waals surface area contributed by atoms with Gasteiger partial charge in [0.15, 0.2) is 0 Å². The van der Waals surface area contributed by atoms with E-state index in [1.807, 2.05) is 0 Å². The van der Waals surface area contributed by atoms with Crippen molar-refractivity contribution in [3.05, 3.63) is 76.8 Å². The molecular formula is C16H10ClNO2. The van der Waals surface area contributed by atoms with Gasteiger partial charge >= 0.3 is 0 Å². The maximum absolute atomic E-state index is 12.3. The minimum Gasteiger partial charge on any atom is -0.268 e. The van der Waals surface area contributed by atoms with E-state index in [9.17, 15) is 9.59 Å². The van der Waals surface area contributed by atoms with Crippen LogP contribution in [0.1, 0.15) is 26.3 Å². The number of amides is 2. The van der Waals surface area contributed by atoms with Crippen LogP contribution in [0, 0.1) is 0 Å². The Balaban J connectivity index is 2.06. The molecule has 0 radical (unpaired) electrons. The molecule has 0 saturated carbocycles. The topological polar surface area (TPSA) is 37.4 Å². The highest BCUT2D eigenvalue weighted by Gasteiger charge is 2.37. The van der Waals surface area contributed by atoms with Crippen molar-refractivity contribution in [1.82, 2.24) is 4.90 Å². The maximum atomic E-state index is 12.3. The number of fused-ring (bicyclic) bond motifs is 1. The van der Waals surface area contributed by atoms with Crippen LogP contribution < -0.4 is 0 Å². The Hall–Kier alpha value is -2.39. The second-order valence-electron chi connectivity index (χ2n) is 4.42. The van der Waals surface area contributed by atoms with Crippen molar-refractivity contribution in [3.8, 4) is 0 Å². The second-order valence-corrected chi connectivity index (χ2v) is 4.83. The summed E-state index contributed by atoms with van der Waals surface area (Å²) in [5.41, 5.74) is 1.65. The van der Waals surface area contributed by atoms with Gasteiger partial charge in [-0.05, 0) is 18.2 Å². The highest BCUT2D eigenvalue weighted by atomic mass is 35.5. The Bertz CT molecular complexity index is 717. The zero-order valence-electron chi connectivity index (χ0n) is 10.5. The zero-order chi connectivity index (χ0) is 14.3. The van der Waals surface area contributed by atoms with E-state index in [1.54, 1.807) is 48.5 Å². The van der Waals surface area contributed by atoms with Gasteiger partial charge < -0.3 is 0 Å². The first-order valence-electron chi connectivity index (χ1n) is 6.03. The summed E-state index contributed by atoms with van der Waals surface area (Å²) in [6.07, 6.45) is 0. The van der Waals surface area contributed by atoms with Crippen molar-refractivity contribution in [1.29, 1.82) is 0 Å². The van der Waals surface area contributed by atoms with Crippen molar-refractivity contribution in [2.24, 2.45) is 0 Å². The Morgan fingerprint density at radius 3 is 1.95 bits per heavy atom. The molecule has 2 aromatic carbocycles. The van der Waals surface area contributed by atoms with Crippen LogP contribution in [-0.2, 0) is 0 Å². The molecule has 2 aromatic rings. The third kappa shape index (κ3) is 1.75. The Morgan fingerprint density at radius 2 is 1.40 bits per heavy atom. The van der Waals surface area contributed by atoms with Crippen LogP contribution in [0.15, 0.2) is 55.1 Å². The smallest absolute Gasteiger partial charge is 0.266 e. The Kier molecular flexibility index (Phi) is 2.92. The summed E-state index contributed by atoms with van der Waals surface area (Å²) >= 11 is 6.09. The summed E-state index contributed by atoms with van der Waals surface area (Å²) < 4.78 is 0. The summed E-state index contributed by atoms with van der Waals surface area (Å²) in [4.78, 5) is 25.7. The quantitative estimate of drug-likeness (QED) is 0.790. The van der Waals surface area contributed by atoms with Crippen LogP contribution in [0.3, 0.4) is 0 Å². The summed E-state index contributed by atoms with van der Waals surface area (Å²) in [6, 6.07) is 13.7. The van der Waals surface area contributed by atoms with E-state index >= 15 is 0 Å². The van der Waals surface area contributed by atoms with E-state index in [0.717, 1.165) is 4.90 Å². The Morgan fingerprint density at radius 1 is 0.900 bits per heavy atom. The van der Waals surface area contributed by atoms with Gasteiger partial charge in [-0.25, -0.2) is 4.90 Å². The molecule has 98 valence electrons. The lowest BCUT2D eigenvalue weighted by atomic mass is 10.1. The van der Waals surface area contributed by atoms with Gasteiger partial charge in [0.1, 0.15) is 0 Å². The van der Waals surface area contributed by atoms with Crippen molar-refractivity contribution in [2.75, 3.05) is 0 Å². The molecule has 0 atom stereocenters. The number of carbonyl (C=O) groups excluding carboxylic acids is 2. The number of hydrogen-bond acceptors (Lipinski definition) is 2. The van der Waals surface area contributed by atoms with Crippen molar-refractivity contribution in [2.45, 2.75) is 0 Å². The first-order valence-corrected chi connectivity index (χ1v) is 6.40. The van der Waals surface area contributed by atoms with Gasteiger partial charge in [-0.3, -0.25) is 9.59 Å². The first kappa shape index (κ1) is 12.6. The molecule has 1 aliphatic rings. The number of nitrogens with zero attached hydrogens (tertiary/aromatic N) is 1. The summed E-state index contributed by atoms with van der Waals surface area (Å²) in [7, 11) is 0. The van der Waals surface area contributed by atoms with Crippen LogP contribution in [0.2, 0.25) is 5.02 Å². The molecule has 0 saturated heterocycles. The molecule has 20 heavy (non-hydrogen) atoms. The van der Waals surface area contributed by atoms with Gasteiger partial charge in [0.25, 0.3) is 11.8 Å². The fourth-order valence-corrected chi connectivity index (χ4v) is 2.49. The molecule has 4 heteroatoms. The average Bonchev–Trinajstić information content (AvgIpc) is 2.71. The number of benzene rings is 2. The van der Waals surface area contributed by atoms with Crippen molar-refractivity contribution >= 4 is 29.1 Å². The molecule has 1 aliphatic heterocycles. The molecule has 0 aromatic heterocycles. The predicted molar refractivity (Wildman–Crippen MR) is 77.4 cm³/mol. The number of carbonyl (C=O) groups is 2. The van der Waals surface area contributed by atoms with Gasteiger partial charge in [-0.2, -0.15) is 0 Å². The molecule has 0 unspecified atom stereocenters. The van der Waals surface area contributed by atoms with E-state index in [1.165, 1.54) is 0 Å².